The fraction of sp³-hybridized carbons (Fsp3) is 0.267. The summed E-state index contributed by atoms with van der Waals surface area (Å²) in [6, 6.07) is 23.0. The van der Waals surface area contributed by atoms with Gasteiger partial charge in [-0.15, -0.1) is 0 Å². The van der Waals surface area contributed by atoms with Gasteiger partial charge in [-0.2, -0.15) is 10.2 Å². The van der Waals surface area contributed by atoms with Gasteiger partial charge in [-0.3, -0.25) is 0 Å². The molecule has 0 aliphatic carbocycles. The van der Waals surface area contributed by atoms with Crippen LogP contribution in [-0.2, 0) is 22.7 Å². The summed E-state index contributed by atoms with van der Waals surface area (Å²) in [5.74, 6) is 1.45. The van der Waals surface area contributed by atoms with E-state index in [1.54, 1.807) is 27.7 Å². The zero-order valence-electron chi connectivity index (χ0n) is 23.1. The maximum Gasteiger partial charge on any atom is 0.427 e. The van der Waals surface area contributed by atoms with Gasteiger partial charge in [-0.05, 0) is 98.5 Å². The SMILES string of the molecule is CCOC(=O)N/N=C(\C)c1ccc(OCc2ccc(COc3ccc(/C(C)=N/NC(=O)OCC)cc3)cc2)cc1. The highest BCUT2D eigenvalue weighted by atomic mass is 16.6. The number of hydrogen-bond acceptors (Lipinski definition) is 8. The van der Waals surface area contributed by atoms with Gasteiger partial charge in [0, 0.05) is 0 Å². The van der Waals surface area contributed by atoms with Crippen molar-refractivity contribution in [2.24, 2.45) is 10.2 Å². The molecule has 0 fully saturated rings. The molecule has 3 rings (SSSR count). The molecule has 40 heavy (non-hydrogen) atoms. The minimum absolute atomic E-state index is 0.286. The van der Waals surface area contributed by atoms with Crippen LogP contribution in [0.5, 0.6) is 11.5 Å². The largest absolute Gasteiger partial charge is 0.489 e. The minimum atomic E-state index is -0.586. The quantitative estimate of drug-likeness (QED) is 0.219. The summed E-state index contributed by atoms with van der Waals surface area (Å²) in [5.41, 5.74) is 9.78. The number of rotatable bonds is 12. The molecule has 0 heterocycles. The van der Waals surface area contributed by atoms with E-state index in [0.29, 0.717) is 24.6 Å². The Kier molecular flexibility index (Phi) is 11.5. The zero-order valence-corrected chi connectivity index (χ0v) is 23.1. The molecule has 2 amide bonds. The molecule has 0 unspecified atom stereocenters. The number of benzene rings is 3. The molecule has 10 nitrogen and oxygen atoms in total. The van der Waals surface area contributed by atoms with Gasteiger partial charge >= 0.3 is 12.2 Å². The zero-order chi connectivity index (χ0) is 28.7. The highest BCUT2D eigenvalue weighted by Gasteiger charge is 2.04. The Bertz CT molecular complexity index is 1200. The van der Waals surface area contributed by atoms with Gasteiger partial charge in [0.15, 0.2) is 0 Å². The third-order valence-corrected chi connectivity index (χ3v) is 5.56. The van der Waals surface area contributed by atoms with Crippen molar-refractivity contribution in [3.8, 4) is 11.5 Å². The molecular weight excluding hydrogens is 512 g/mol. The first kappa shape index (κ1) is 29.7. The summed E-state index contributed by atoms with van der Waals surface area (Å²) in [6.45, 7) is 8.48. The fourth-order valence-electron chi connectivity index (χ4n) is 3.36. The summed E-state index contributed by atoms with van der Waals surface area (Å²) >= 11 is 0. The molecule has 0 spiro atoms. The van der Waals surface area contributed by atoms with Gasteiger partial charge in [0.1, 0.15) is 24.7 Å². The van der Waals surface area contributed by atoms with E-state index in [4.69, 9.17) is 18.9 Å². The predicted molar refractivity (Wildman–Crippen MR) is 153 cm³/mol. The molecule has 0 radical (unpaired) electrons. The van der Waals surface area contributed by atoms with Crippen LogP contribution in [0.25, 0.3) is 0 Å². The van der Waals surface area contributed by atoms with Crippen molar-refractivity contribution >= 4 is 23.6 Å². The lowest BCUT2D eigenvalue weighted by molar-refractivity contribution is 0.151. The molecule has 0 aromatic heterocycles. The molecule has 0 aliphatic rings. The molecular formula is C30H34N4O6. The van der Waals surface area contributed by atoms with Crippen LogP contribution in [0.15, 0.2) is 83.0 Å². The number of carbonyl (C=O) groups excluding carboxylic acids is 2. The molecule has 10 heteroatoms. The Hall–Kier alpha value is -4.86. The summed E-state index contributed by atoms with van der Waals surface area (Å²) < 4.78 is 21.4. The smallest absolute Gasteiger partial charge is 0.427 e. The molecule has 2 N–H and O–H groups in total. The van der Waals surface area contributed by atoms with Crippen molar-refractivity contribution < 1.29 is 28.5 Å². The normalized spacial score (nSPS) is 11.4. The van der Waals surface area contributed by atoms with Crippen molar-refractivity contribution in [2.45, 2.75) is 40.9 Å². The standard InChI is InChI=1S/C30H34N4O6/c1-5-37-29(35)33-31-21(3)25-11-15-27(16-12-25)39-19-23-7-9-24(10-8-23)20-40-28-17-13-26(14-18-28)22(4)32-34-30(36)38-6-2/h7-18H,5-6,19-20H2,1-4H3,(H,33,35)(H,34,36)/b31-21+,32-22+. The van der Waals surface area contributed by atoms with Gasteiger partial charge in [-0.25, -0.2) is 20.4 Å². The maximum atomic E-state index is 11.4. The van der Waals surface area contributed by atoms with Gasteiger partial charge in [0.2, 0.25) is 0 Å². The second-order valence-electron chi connectivity index (χ2n) is 8.50. The second-order valence-corrected chi connectivity index (χ2v) is 8.50. The first-order valence-corrected chi connectivity index (χ1v) is 12.9. The van der Waals surface area contributed by atoms with Crippen molar-refractivity contribution in [1.82, 2.24) is 10.9 Å². The molecule has 0 saturated heterocycles. The third-order valence-electron chi connectivity index (χ3n) is 5.56. The number of amides is 2. The van der Waals surface area contributed by atoms with Crippen LogP contribution >= 0.6 is 0 Å². The Morgan fingerprint density at radius 2 is 0.950 bits per heavy atom. The first-order chi connectivity index (χ1) is 19.4. The van der Waals surface area contributed by atoms with Crippen LogP contribution in [0.1, 0.15) is 49.9 Å². The fourth-order valence-corrected chi connectivity index (χ4v) is 3.36. The number of hydrogen-bond donors (Lipinski definition) is 2. The number of nitrogens with zero attached hydrogens (tertiary/aromatic N) is 2. The van der Waals surface area contributed by atoms with Crippen molar-refractivity contribution in [2.75, 3.05) is 13.2 Å². The monoisotopic (exact) mass is 546 g/mol. The Morgan fingerprint density at radius 1 is 0.600 bits per heavy atom. The van der Waals surface area contributed by atoms with Crippen molar-refractivity contribution in [3.63, 3.8) is 0 Å². The van der Waals surface area contributed by atoms with E-state index in [-0.39, 0.29) is 13.2 Å². The van der Waals surface area contributed by atoms with E-state index in [0.717, 1.165) is 33.8 Å². The molecule has 0 aliphatic heterocycles. The maximum absolute atomic E-state index is 11.4. The number of nitrogens with one attached hydrogen (secondary N) is 2. The molecule has 0 atom stereocenters. The average molecular weight is 547 g/mol. The van der Waals surface area contributed by atoms with Crippen LogP contribution in [0.3, 0.4) is 0 Å². The Balaban J connectivity index is 1.44. The Morgan fingerprint density at radius 3 is 1.27 bits per heavy atom. The van der Waals surface area contributed by atoms with E-state index in [2.05, 4.69) is 21.1 Å². The van der Waals surface area contributed by atoms with E-state index >= 15 is 0 Å². The van der Waals surface area contributed by atoms with Gasteiger partial charge in [0.05, 0.1) is 24.6 Å². The molecule has 0 bridgehead atoms. The number of carbonyl (C=O) groups is 2. The predicted octanol–water partition coefficient (Wildman–Crippen LogP) is 5.78. The van der Waals surface area contributed by atoms with E-state index < -0.39 is 12.2 Å². The highest BCUT2D eigenvalue weighted by Crippen LogP contribution is 2.17. The summed E-state index contributed by atoms with van der Waals surface area (Å²) in [5, 5.41) is 8.05. The Labute approximate surface area is 234 Å². The van der Waals surface area contributed by atoms with E-state index in [1.165, 1.54) is 0 Å². The average Bonchev–Trinajstić information content (AvgIpc) is 2.98. The molecule has 3 aromatic rings. The second kappa shape index (κ2) is 15.5. The summed E-state index contributed by atoms with van der Waals surface area (Å²) in [7, 11) is 0. The van der Waals surface area contributed by atoms with Crippen LogP contribution in [0, 0.1) is 0 Å². The first-order valence-electron chi connectivity index (χ1n) is 12.9. The van der Waals surface area contributed by atoms with Crippen LogP contribution in [0.4, 0.5) is 9.59 Å². The van der Waals surface area contributed by atoms with Gasteiger partial charge < -0.3 is 18.9 Å². The van der Waals surface area contributed by atoms with Gasteiger partial charge in [-0.1, -0.05) is 24.3 Å². The molecule has 210 valence electrons. The molecule has 3 aromatic carbocycles. The van der Waals surface area contributed by atoms with Crippen LogP contribution in [-0.4, -0.2) is 36.8 Å². The minimum Gasteiger partial charge on any atom is -0.489 e. The number of ether oxygens (including phenoxy) is 4. The highest BCUT2D eigenvalue weighted by molar-refractivity contribution is 5.99. The topological polar surface area (TPSA) is 120 Å². The lowest BCUT2D eigenvalue weighted by Gasteiger charge is -2.10. The van der Waals surface area contributed by atoms with Gasteiger partial charge in [0.25, 0.3) is 0 Å². The molecule has 0 saturated carbocycles. The summed E-state index contributed by atoms with van der Waals surface area (Å²) in [4.78, 5) is 22.7. The van der Waals surface area contributed by atoms with Crippen molar-refractivity contribution in [1.29, 1.82) is 0 Å². The van der Waals surface area contributed by atoms with Crippen molar-refractivity contribution in [3.05, 3.63) is 95.1 Å². The summed E-state index contributed by atoms with van der Waals surface area (Å²) in [6.07, 6.45) is -1.17. The lowest BCUT2D eigenvalue weighted by Crippen LogP contribution is -2.20. The van der Waals surface area contributed by atoms with E-state index in [1.807, 2.05) is 72.8 Å². The van der Waals surface area contributed by atoms with E-state index in [9.17, 15) is 9.59 Å². The third kappa shape index (κ3) is 9.79. The van der Waals surface area contributed by atoms with Crippen LogP contribution < -0.4 is 20.3 Å². The van der Waals surface area contributed by atoms with Crippen LogP contribution in [0.2, 0.25) is 0 Å². The lowest BCUT2D eigenvalue weighted by atomic mass is 10.1. The number of hydrazone groups is 2.